The van der Waals surface area contributed by atoms with Gasteiger partial charge in [-0.05, 0) is 77.0 Å². The molecule has 0 aliphatic carbocycles. The summed E-state index contributed by atoms with van der Waals surface area (Å²) >= 11 is -5.86. The van der Waals surface area contributed by atoms with Crippen molar-refractivity contribution < 1.29 is 48.6 Å². The molecule has 0 saturated carbocycles. The zero-order valence-electron chi connectivity index (χ0n) is 32.7. The molecular weight excluding hydrogens is 655 g/mol. The molecule has 9 heteroatoms. The van der Waals surface area contributed by atoms with Gasteiger partial charge in [-0.3, -0.25) is 0 Å². The van der Waals surface area contributed by atoms with Gasteiger partial charge < -0.3 is 18.9 Å². The summed E-state index contributed by atoms with van der Waals surface area (Å²) in [6, 6.07) is 0. The van der Waals surface area contributed by atoms with E-state index in [4.69, 9.17) is 14.7 Å². The Hall–Kier alpha value is -0.177. The Morgan fingerprint density at radius 3 is 0.422 bits per heavy atom. The predicted octanol–water partition coefficient (Wildman–Crippen LogP) is 8.66. The molecule has 0 aromatic carbocycles. The van der Waals surface area contributed by atoms with Crippen molar-refractivity contribution in [3.63, 3.8) is 0 Å². The summed E-state index contributed by atoms with van der Waals surface area (Å²) in [4.78, 5) is 0. The molecule has 0 aromatic heterocycles. The Morgan fingerprint density at radius 2 is 0.378 bits per heavy atom. The summed E-state index contributed by atoms with van der Waals surface area (Å²) < 4.78 is 38.6. The van der Waals surface area contributed by atoms with Gasteiger partial charge in [0.05, 0.1) is 78.5 Å². The zero-order valence-corrected chi connectivity index (χ0v) is 34.4. The Labute approximate surface area is 286 Å². The van der Waals surface area contributed by atoms with Crippen LogP contribution in [0.3, 0.4) is 0 Å². The van der Waals surface area contributed by atoms with Gasteiger partial charge in [-0.15, -0.1) is 0 Å². The van der Waals surface area contributed by atoms with E-state index in [1.54, 1.807) is 0 Å². The number of nitrogens with zero attached hydrogens (tertiary/aromatic N) is 3. The molecule has 0 atom stereocenters. The minimum atomic E-state index is -5.86. The van der Waals surface area contributed by atoms with Crippen LogP contribution in [-0.2, 0) is 31.2 Å². The first-order valence-electron chi connectivity index (χ1n) is 18.9. The van der Waals surface area contributed by atoms with Crippen molar-refractivity contribution in [2.24, 2.45) is 0 Å². The van der Waals surface area contributed by atoms with E-state index in [9.17, 15) is 0 Å². The third-order valence-electron chi connectivity index (χ3n) is 8.38. The molecule has 0 rings (SSSR count). The fourth-order valence-corrected chi connectivity index (χ4v) is 7.70. The molecule has 0 aliphatic heterocycles. The molecule has 0 N–H and O–H groups in total. The van der Waals surface area contributed by atoms with Crippen LogP contribution in [0.5, 0.6) is 0 Å². The van der Waals surface area contributed by atoms with Crippen LogP contribution in [0, 0.1) is 0 Å². The van der Waals surface area contributed by atoms with Crippen LogP contribution in [0.1, 0.15) is 160 Å². The van der Waals surface area contributed by atoms with E-state index < -0.39 is 15.0 Å². The molecule has 0 radical (unpaired) electrons. The monoisotopic (exact) mass is 741 g/mol. The molecule has 8 nitrogen and oxygen atoms in total. The van der Waals surface area contributed by atoms with E-state index in [2.05, 4.69) is 83.1 Å². The molecule has 0 saturated heterocycles. The van der Waals surface area contributed by atoms with Crippen molar-refractivity contribution in [3.05, 3.63) is 0 Å². The molecule has 281 valence electrons. The molecule has 0 aliphatic rings. The van der Waals surface area contributed by atoms with Gasteiger partial charge in [0.25, 0.3) is 0 Å². The number of hydrogen-bond acceptors (Lipinski definition) is 4. The van der Waals surface area contributed by atoms with Gasteiger partial charge in [-0.25, -0.2) is 0 Å². The topological polar surface area (TPSA) is 103 Å². The van der Waals surface area contributed by atoms with Gasteiger partial charge in [0.2, 0.25) is 0 Å². The Balaban J connectivity index is -0.000000163. The summed E-state index contributed by atoms with van der Waals surface area (Å²) in [5.74, 6) is 0. The SMILES string of the molecule is CCC[N+](CCC)(CCC)CCC.CCC[N+](CCC)(CCC)CCC.CCC[N+](CCC)(CCC)CCC.[O-2].[O]=[Ru](=[O])(=[O])[O-]. The standard InChI is InChI=1S/3C12H28N.5O.Ru/c3*1-5-9-13(10-6-2,11-7-3)12-8-4;;;;;;/h3*5-12H2,1-4H3;;;;;;/q3*+1;;;;-2;-1;. The molecule has 0 spiro atoms. The van der Waals surface area contributed by atoms with E-state index in [0.29, 0.717) is 0 Å². The van der Waals surface area contributed by atoms with E-state index in [1.165, 1.54) is 169 Å². The summed E-state index contributed by atoms with van der Waals surface area (Å²) in [7, 11) is 0. The summed E-state index contributed by atoms with van der Waals surface area (Å²) in [6.07, 6.45) is 16.0. The predicted molar refractivity (Wildman–Crippen MR) is 185 cm³/mol. The van der Waals surface area contributed by atoms with Crippen molar-refractivity contribution in [1.82, 2.24) is 0 Å². The molecular formula is C36H84N3O5Ru. The molecule has 0 unspecified atom stereocenters. The van der Waals surface area contributed by atoms with Gasteiger partial charge in [-0.2, -0.15) is 0 Å². The summed E-state index contributed by atoms with van der Waals surface area (Å²) in [5, 5.41) is 0. The van der Waals surface area contributed by atoms with E-state index in [0.717, 1.165) is 0 Å². The average Bonchev–Trinajstić information content (AvgIpc) is 2.90. The second kappa shape index (κ2) is 35.1. The van der Waals surface area contributed by atoms with Crippen LogP contribution in [-0.4, -0.2) is 92.0 Å². The average molecular weight is 740 g/mol. The van der Waals surface area contributed by atoms with E-state index in [1.807, 2.05) is 0 Å². The summed E-state index contributed by atoms with van der Waals surface area (Å²) in [6.45, 7) is 44.4. The van der Waals surface area contributed by atoms with Crippen LogP contribution < -0.4 is 3.93 Å². The van der Waals surface area contributed by atoms with Gasteiger partial charge in [-0.1, -0.05) is 83.1 Å². The minimum absolute atomic E-state index is 0. The molecule has 0 heterocycles. The van der Waals surface area contributed by atoms with Crippen LogP contribution in [0.4, 0.5) is 0 Å². The van der Waals surface area contributed by atoms with Crippen molar-refractivity contribution in [1.29, 1.82) is 0 Å². The Bertz CT molecular complexity index is 573. The van der Waals surface area contributed by atoms with Crippen LogP contribution in [0.2, 0.25) is 0 Å². The Morgan fingerprint density at radius 1 is 0.311 bits per heavy atom. The van der Waals surface area contributed by atoms with Crippen molar-refractivity contribution in [2.45, 2.75) is 160 Å². The normalized spacial score (nSPS) is 11.7. The molecule has 0 fully saturated rings. The molecule has 0 bridgehead atoms. The first-order valence-corrected chi connectivity index (χ1v) is 21.7. The maximum atomic E-state index is 8.61. The first kappa shape index (κ1) is 54.3. The molecule has 0 aromatic rings. The van der Waals surface area contributed by atoms with Crippen molar-refractivity contribution in [2.75, 3.05) is 78.5 Å². The number of rotatable bonds is 24. The van der Waals surface area contributed by atoms with E-state index in [-0.39, 0.29) is 5.48 Å². The second-order valence-corrected chi connectivity index (χ2v) is 14.8. The molecule has 45 heavy (non-hydrogen) atoms. The van der Waals surface area contributed by atoms with Crippen LogP contribution in [0.15, 0.2) is 0 Å². The zero-order chi connectivity index (χ0) is 35.0. The fraction of sp³-hybridized carbons (Fsp3) is 1.00. The van der Waals surface area contributed by atoms with Crippen molar-refractivity contribution in [3.8, 4) is 0 Å². The molecule has 0 amide bonds. The van der Waals surface area contributed by atoms with E-state index >= 15 is 0 Å². The van der Waals surface area contributed by atoms with Crippen LogP contribution in [0.25, 0.3) is 0 Å². The van der Waals surface area contributed by atoms with Gasteiger partial charge >= 0.3 is 29.6 Å². The quantitative estimate of drug-likeness (QED) is 0.0730. The first-order chi connectivity index (χ1) is 20.7. The number of hydrogen-bond donors (Lipinski definition) is 0. The summed E-state index contributed by atoms with van der Waals surface area (Å²) in [5.41, 5.74) is 0. The van der Waals surface area contributed by atoms with Gasteiger partial charge in [0.1, 0.15) is 0 Å². The third-order valence-corrected chi connectivity index (χ3v) is 8.38. The van der Waals surface area contributed by atoms with Gasteiger partial charge in [0.15, 0.2) is 0 Å². The Kier molecular flexibility index (Phi) is 42.4. The van der Waals surface area contributed by atoms with Crippen molar-refractivity contribution >= 4 is 0 Å². The van der Waals surface area contributed by atoms with Crippen LogP contribution >= 0.6 is 0 Å². The fourth-order valence-electron chi connectivity index (χ4n) is 7.70. The third kappa shape index (κ3) is 33.5. The van der Waals surface area contributed by atoms with Gasteiger partial charge in [0, 0.05) is 0 Å². The maximum absolute atomic E-state index is 8.61. The second-order valence-electron chi connectivity index (χ2n) is 13.1. The number of quaternary nitrogens is 3.